The first-order valence-electron chi connectivity index (χ1n) is 8.93. The molecule has 26 heavy (non-hydrogen) atoms. The summed E-state index contributed by atoms with van der Waals surface area (Å²) in [7, 11) is 1.63. The van der Waals surface area contributed by atoms with Gasteiger partial charge in [0.15, 0.2) is 0 Å². The normalized spacial score (nSPS) is 19.0. The first-order valence-corrected chi connectivity index (χ1v) is 9.31. The maximum atomic E-state index is 14.0. The van der Waals surface area contributed by atoms with E-state index in [1.54, 1.807) is 20.0 Å². The Balaban J connectivity index is 2.00. The van der Waals surface area contributed by atoms with Crippen LogP contribution in [0.25, 0.3) is 0 Å². The highest BCUT2D eigenvalue weighted by Gasteiger charge is 2.32. The van der Waals surface area contributed by atoms with Gasteiger partial charge >= 0.3 is 5.97 Å². The molecule has 1 aliphatic rings. The van der Waals surface area contributed by atoms with Gasteiger partial charge in [-0.05, 0) is 45.4 Å². The van der Waals surface area contributed by atoms with Crippen molar-refractivity contribution in [3.05, 3.63) is 34.6 Å². The molecule has 1 aliphatic heterocycles. The van der Waals surface area contributed by atoms with E-state index in [0.717, 1.165) is 19.4 Å². The van der Waals surface area contributed by atoms with Gasteiger partial charge in [-0.25, -0.2) is 4.39 Å². The lowest BCUT2D eigenvalue weighted by Crippen LogP contribution is -2.50. The number of carbonyl (C=O) groups is 2. The summed E-state index contributed by atoms with van der Waals surface area (Å²) in [6, 6.07) is 4.07. The zero-order valence-corrected chi connectivity index (χ0v) is 16.3. The molecule has 1 fully saturated rings. The lowest BCUT2D eigenvalue weighted by molar-refractivity contribution is -0.151. The van der Waals surface area contributed by atoms with Crippen LogP contribution in [0.3, 0.4) is 0 Å². The second-order valence-corrected chi connectivity index (χ2v) is 7.06. The standard InChI is InChI=1S/C19H26ClFN2O3/c1-4-26-19(25)14-7-6-10-23(11-14)13(2)18(24)22(3)12-15-16(20)8-5-9-17(15)21/h5,8-9,13-14H,4,6-7,10-12H2,1-3H3. The number of halogens is 2. The molecule has 0 aromatic heterocycles. The number of nitrogens with zero attached hydrogens (tertiary/aromatic N) is 2. The van der Waals surface area contributed by atoms with Crippen LogP contribution in [0.5, 0.6) is 0 Å². The molecule has 0 N–H and O–H groups in total. The smallest absolute Gasteiger partial charge is 0.310 e. The minimum absolute atomic E-state index is 0.101. The summed E-state index contributed by atoms with van der Waals surface area (Å²) >= 11 is 6.05. The van der Waals surface area contributed by atoms with E-state index in [9.17, 15) is 14.0 Å². The third-order valence-corrected chi connectivity index (χ3v) is 5.17. The number of piperidine rings is 1. The molecule has 144 valence electrons. The number of rotatable bonds is 6. The zero-order valence-electron chi connectivity index (χ0n) is 15.5. The highest BCUT2D eigenvalue weighted by Crippen LogP contribution is 2.23. The molecule has 0 radical (unpaired) electrons. The average Bonchev–Trinajstić information content (AvgIpc) is 2.63. The lowest BCUT2D eigenvalue weighted by atomic mass is 9.96. The van der Waals surface area contributed by atoms with Gasteiger partial charge in [-0.3, -0.25) is 14.5 Å². The van der Waals surface area contributed by atoms with Crippen molar-refractivity contribution in [3.63, 3.8) is 0 Å². The lowest BCUT2D eigenvalue weighted by Gasteiger charge is -2.36. The highest BCUT2D eigenvalue weighted by atomic mass is 35.5. The summed E-state index contributed by atoms with van der Waals surface area (Å²) in [6.45, 7) is 5.31. The van der Waals surface area contributed by atoms with E-state index in [1.807, 2.05) is 11.8 Å². The van der Waals surface area contributed by atoms with Crippen LogP contribution < -0.4 is 0 Å². The van der Waals surface area contributed by atoms with Crippen molar-refractivity contribution in [2.45, 2.75) is 39.3 Å². The first kappa shape index (κ1) is 20.6. The maximum Gasteiger partial charge on any atom is 0.310 e. The largest absolute Gasteiger partial charge is 0.466 e. The van der Waals surface area contributed by atoms with Crippen molar-refractivity contribution in [2.75, 3.05) is 26.7 Å². The third kappa shape index (κ3) is 4.95. The number of carbonyl (C=O) groups excluding carboxylic acids is 2. The fourth-order valence-corrected chi connectivity index (χ4v) is 3.51. The Kier molecular flexibility index (Phi) is 7.41. The molecule has 1 aromatic rings. The summed E-state index contributed by atoms with van der Waals surface area (Å²) in [5.74, 6) is -0.965. The van der Waals surface area contributed by atoms with E-state index in [4.69, 9.17) is 16.3 Å². The van der Waals surface area contributed by atoms with Gasteiger partial charge in [0, 0.05) is 30.7 Å². The maximum absolute atomic E-state index is 14.0. The van der Waals surface area contributed by atoms with E-state index in [2.05, 4.69) is 0 Å². The summed E-state index contributed by atoms with van der Waals surface area (Å²) < 4.78 is 19.1. The van der Waals surface area contributed by atoms with Crippen molar-refractivity contribution in [1.29, 1.82) is 0 Å². The second kappa shape index (κ2) is 9.33. The average molecular weight is 385 g/mol. The number of likely N-dealkylation sites (tertiary alicyclic amines) is 1. The number of likely N-dealkylation sites (N-methyl/N-ethyl adjacent to an activating group) is 1. The van der Waals surface area contributed by atoms with Crippen LogP contribution in [0, 0.1) is 11.7 Å². The number of hydrogen-bond acceptors (Lipinski definition) is 4. The Morgan fingerprint density at radius 1 is 1.46 bits per heavy atom. The number of hydrogen-bond donors (Lipinski definition) is 0. The molecule has 1 heterocycles. The molecule has 0 spiro atoms. The van der Waals surface area contributed by atoms with Gasteiger partial charge in [0.2, 0.25) is 5.91 Å². The molecule has 2 atom stereocenters. The van der Waals surface area contributed by atoms with Gasteiger partial charge in [0.05, 0.1) is 18.6 Å². The predicted octanol–water partition coefficient (Wildman–Crippen LogP) is 3.10. The number of esters is 1. The molecule has 0 aliphatic carbocycles. The van der Waals surface area contributed by atoms with Crippen molar-refractivity contribution >= 4 is 23.5 Å². The monoisotopic (exact) mass is 384 g/mol. The number of benzene rings is 1. The Labute approximate surface area is 159 Å². The van der Waals surface area contributed by atoms with E-state index in [-0.39, 0.29) is 24.3 Å². The highest BCUT2D eigenvalue weighted by molar-refractivity contribution is 6.31. The molecule has 1 amide bonds. The summed E-state index contributed by atoms with van der Waals surface area (Å²) in [5.41, 5.74) is 0.306. The number of ether oxygens (including phenoxy) is 1. The summed E-state index contributed by atoms with van der Waals surface area (Å²) in [4.78, 5) is 28.2. The van der Waals surface area contributed by atoms with Gasteiger partial charge < -0.3 is 9.64 Å². The van der Waals surface area contributed by atoms with Crippen LogP contribution in [0.4, 0.5) is 4.39 Å². The number of amides is 1. The molecular formula is C19H26ClFN2O3. The van der Waals surface area contributed by atoms with Gasteiger partial charge in [-0.1, -0.05) is 17.7 Å². The van der Waals surface area contributed by atoms with E-state index >= 15 is 0 Å². The summed E-state index contributed by atoms with van der Waals surface area (Å²) in [6.07, 6.45) is 1.61. The first-order chi connectivity index (χ1) is 12.3. The van der Waals surface area contributed by atoms with Gasteiger partial charge in [0.25, 0.3) is 0 Å². The molecule has 1 aromatic carbocycles. The molecule has 1 saturated heterocycles. The molecule has 2 unspecified atom stereocenters. The Morgan fingerprint density at radius 3 is 2.85 bits per heavy atom. The van der Waals surface area contributed by atoms with Gasteiger partial charge in [-0.15, -0.1) is 0 Å². The van der Waals surface area contributed by atoms with Crippen LogP contribution in [-0.2, 0) is 20.9 Å². The van der Waals surface area contributed by atoms with Crippen molar-refractivity contribution in [1.82, 2.24) is 9.80 Å². The molecular weight excluding hydrogens is 359 g/mol. The topological polar surface area (TPSA) is 49.9 Å². The van der Waals surface area contributed by atoms with E-state index < -0.39 is 11.9 Å². The Bertz CT molecular complexity index is 635. The van der Waals surface area contributed by atoms with Crippen LogP contribution in [0.15, 0.2) is 18.2 Å². The third-order valence-electron chi connectivity index (χ3n) is 4.81. The molecule has 0 bridgehead atoms. The Morgan fingerprint density at radius 2 is 2.19 bits per heavy atom. The second-order valence-electron chi connectivity index (χ2n) is 6.66. The van der Waals surface area contributed by atoms with Gasteiger partial charge in [0.1, 0.15) is 5.82 Å². The van der Waals surface area contributed by atoms with Crippen LogP contribution in [0.2, 0.25) is 5.02 Å². The molecule has 2 rings (SSSR count). The fraction of sp³-hybridized carbons (Fsp3) is 0.579. The van der Waals surface area contributed by atoms with Crippen molar-refractivity contribution < 1.29 is 18.7 Å². The quantitative estimate of drug-likeness (QED) is 0.707. The van der Waals surface area contributed by atoms with Crippen molar-refractivity contribution in [2.24, 2.45) is 5.92 Å². The molecule has 5 nitrogen and oxygen atoms in total. The summed E-state index contributed by atoms with van der Waals surface area (Å²) in [5, 5.41) is 0.303. The van der Waals surface area contributed by atoms with Crippen molar-refractivity contribution in [3.8, 4) is 0 Å². The Hall–Kier alpha value is -1.66. The van der Waals surface area contributed by atoms with Gasteiger partial charge in [-0.2, -0.15) is 0 Å². The minimum atomic E-state index is -0.426. The van der Waals surface area contributed by atoms with Crippen LogP contribution in [-0.4, -0.2) is 54.5 Å². The van der Waals surface area contributed by atoms with Crippen LogP contribution >= 0.6 is 11.6 Å². The SMILES string of the molecule is CCOC(=O)C1CCCN(C(C)C(=O)N(C)Cc2c(F)cccc2Cl)C1. The molecule has 0 saturated carbocycles. The molecule has 7 heteroatoms. The zero-order chi connectivity index (χ0) is 19.3. The van der Waals surface area contributed by atoms with E-state index in [0.29, 0.717) is 23.7 Å². The minimum Gasteiger partial charge on any atom is -0.466 e. The van der Waals surface area contributed by atoms with Crippen LogP contribution in [0.1, 0.15) is 32.3 Å². The van der Waals surface area contributed by atoms with E-state index in [1.165, 1.54) is 17.0 Å². The fourth-order valence-electron chi connectivity index (χ4n) is 3.28. The predicted molar refractivity (Wildman–Crippen MR) is 98.3 cm³/mol.